The summed E-state index contributed by atoms with van der Waals surface area (Å²) in [7, 11) is 0. The topological polar surface area (TPSA) is 9.23 Å². The van der Waals surface area contributed by atoms with Crippen molar-refractivity contribution in [2.75, 3.05) is 6.61 Å². The average Bonchev–Trinajstić information content (AvgIpc) is 2.24. The van der Waals surface area contributed by atoms with Gasteiger partial charge in [0.25, 0.3) is 0 Å². The second kappa shape index (κ2) is 6.64. The van der Waals surface area contributed by atoms with Gasteiger partial charge in [-0.2, -0.15) is 13.2 Å². The molecule has 0 saturated heterocycles. The van der Waals surface area contributed by atoms with E-state index in [4.69, 9.17) is 4.74 Å². The van der Waals surface area contributed by atoms with Gasteiger partial charge < -0.3 is 4.74 Å². The second-order valence-corrected chi connectivity index (χ2v) is 4.88. The van der Waals surface area contributed by atoms with Gasteiger partial charge in [0.2, 0.25) is 0 Å². The van der Waals surface area contributed by atoms with E-state index in [0.717, 1.165) is 15.4 Å². The van der Waals surface area contributed by atoms with Gasteiger partial charge in [-0.3, -0.25) is 0 Å². The molecule has 0 saturated carbocycles. The van der Waals surface area contributed by atoms with Gasteiger partial charge in [-0.15, -0.1) is 0 Å². The molecular formula is C11H11Br2F3O. The van der Waals surface area contributed by atoms with Crippen LogP contribution in [-0.4, -0.2) is 12.8 Å². The predicted molar refractivity (Wildman–Crippen MR) is 67.6 cm³/mol. The predicted octanol–water partition coefficient (Wildman–Crippen LogP) is 5.07. The van der Waals surface area contributed by atoms with Crippen molar-refractivity contribution in [3.05, 3.63) is 28.2 Å². The molecule has 1 nitrogen and oxygen atoms in total. The summed E-state index contributed by atoms with van der Waals surface area (Å²) in [6.45, 7) is 0.0613. The summed E-state index contributed by atoms with van der Waals surface area (Å²) in [4.78, 5) is 0. The van der Waals surface area contributed by atoms with Crippen LogP contribution in [0, 0.1) is 0 Å². The Hall–Kier alpha value is -0.230. The van der Waals surface area contributed by atoms with Crippen LogP contribution < -0.4 is 4.74 Å². The van der Waals surface area contributed by atoms with Gasteiger partial charge in [0.1, 0.15) is 5.75 Å². The molecule has 1 aromatic carbocycles. The van der Waals surface area contributed by atoms with Crippen molar-refractivity contribution in [2.45, 2.75) is 24.3 Å². The number of hydrogen-bond acceptors (Lipinski definition) is 1. The van der Waals surface area contributed by atoms with Crippen LogP contribution in [0.4, 0.5) is 13.2 Å². The molecule has 0 amide bonds. The molecule has 0 radical (unpaired) electrons. The van der Waals surface area contributed by atoms with Crippen LogP contribution in [0.5, 0.6) is 5.75 Å². The van der Waals surface area contributed by atoms with E-state index in [1.807, 2.05) is 12.1 Å². The van der Waals surface area contributed by atoms with Crippen molar-refractivity contribution in [1.29, 1.82) is 0 Å². The molecule has 0 fully saturated rings. The largest absolute Gasteiger partial charge is 0.492 e. The fourth-order valence-electron chi connectivity index (χ4n) is 1.20. The minimum atomic E-state index is -4.11. The Bertz CT molecular complexity index is 366. The van der Waals surface area contributed by atoms with Crippen molar-refractivity contribution in [2.24, 2.45) is 0 Å². The van der Waals surface area contributed by atoms with Crippen molar-refractivity contribution < 1.29 is 17.9 Å². The van der Waals surface area contributed by atoms with Crippen molar-refractivity contribution in [3.8, 4) is 5.75 Å². The zero-order chi connectivity index (χ0) is 12.9. The van der Waals surface area contributed by atoms with E-state index in [1.54, 1.807) is 6.07 Å². The highest BCUT2D eigenvalue weighted by atomic mass is 79.9. The van der Waals surface area contributed by atoms with Crippen LogP contribution in [0.15, 0.2) is 22.7 Å². The van der Waals surface area contributed by atoms with Crippen molar-refractivity contribution in [3.63, 3.8) is 0 Å². The molecule has 0 bridgehead atoms. The van der Waals surface area contributed by atoms with Gasteiger partial charge >= 0.3 is 6.18 Å². The highest BCUT2D eigenvalue weighted by Gasteiger charge is 2.26. The zero-order valence-electron chi connectivity index (χ0n) is 8.86. The summed E-state index contributed by atoms with van der Waals surface area (Å²) < 4.78 is 41.7. The van der Waals surface area contributed by atoms with Crippen LogP contribution in [0.25, 0.3) is 0 Å². The summed E-state index contributed by atoms with van der Waals surface area (Å²) in [6.07, 6.45) is -4.96. The zero-order valence-corrected chi connectivity index (χ0v) is 12.0. The van der Waals surface area contributed by atoms with Crippen LogP contribution in [0.3, 0.4) is 0 Å². The number of alkyl halides is 4. The Balaban J connectivity index is 2.42. The molecule has 0 heterocycles. The van der Waals surface area contributed by atoms with E-state index in [0.29, 0.717) is 5.75 Å². The van der Waals surface area contributed by atoms with Crippen molar-refractivity contribution in [1.82, 2.24) is 0 Å². The maximum atomic E-state index is 11.9. The molecular weight excluding hydrogens is 365 g/mol. The number of halogens is 5. The Morgan fingerprint density at radius 3 is 2.47 bits per heavy atom. The minimum absolute atomic E-state index is 0.0316. The molecule has 0 spiro atoms. The summed E-state index contributed by atoms with van der Waals surface area (Å²) >= 11 is 6.63. The van der Waals surface area contributed by atoms with Crippen LogP contribution in [0.1, 0.15) is 18.4 Å². The standard InChI is InChI=1S/C11H11Br2F3O/c12-7-8-2-3-10(9(13)6-8)17-5-1-4-11(14,15)16/h2-3,6H,1,4-5,7H2. The lowest BCUT2D eigenvalue weighted by Gasteiger charge is -2.10. The van der Waals surface area contributed by atoms with Crippen LogP contribution in [0.2, 0.25) is 0 Å². The highest BCUT2D eigenvalue weighted by Crippen LogP contribution is 2.27. The maximum absolute atomic E-state index is 11.9. The lowest BCUT2D eigenvalue weighted by molar-refractivity contribution is -0.136. The highest BCUT2D eigenvalue weighted by molar-refractivity contribution is 9.10. The lowest BCUT2D eigenvalue weighted by Crippen LogP contribution is -2.09. The molecule has 0 atom stereocenters. The minimum Gasteiger partial charge on any atom is -0.492 e. The van der Waals surface area contributed by atoms with E-state index >= 15 is 0 Å². The first-order valence-corrected chi connectivity index (χ1v) is 6.88. The second-order valence-electron chi connectivity index (χ2n) is 3.47. The lowest BCUT2D eigenvalue weighted by atomic mass is 10.2. The van der Waals surface area contributed by atoms with Gasteiger partial charge in [0, 0.05) is 11.8 Å². The number of rotatable bonds is 5. The first kappa shape index (κ1) is 14.8. The van der Waals surface area contributed by atoms with E-state index in [9.17, 15) is 13.2 Å². The maximum Gasteiger partial charge on any atom is 0.389 e. The number of hydrogen-bond donors (Lipinski definition) is 0. The first-order valence-electron chi connectivity index (χ1n) is 4.96. The van der Waals surface area contributed by atoms with Gasteiger partial charge in [-0.1, -0.05) is 22.0 Å². The Kier molecular flexibility index (Phi) is 5.79. The molecule has 17 heavy (non-hydrogen) atoms. The number of ether oxygens (including phenoxy) is 1. The van der Waals surface area contributed by atoms with Crippen LogP contribution in [-0.2, 0) is 5.33 Å². The number of benzene rings is 1. The van der Waals surface area contributed by atoms with Gasteiger partial charge in [0.15, 0.2) is 0 Å². The summed E-state index contributed by atoms with van der Waals surface area (Å²) in [5.41, 5.74) is 1.07. The normalized spacial score (nSPS) is 11.6. The Morgan fingerprint density at radius 1 is 1.24 bits per heavy atom. The fourth-order valence-corrected chi connectivity index (χ4v) is 2.09. The molecule has 1 rings (SSSR count). The molecule has 0 aromatic heterocycles. The molecule has 0 aliphatic rings. The summed E-state index contributed by atoms with van der Waals surface area (Å²) in [6, 6.07) is 5.47. The molecule has 0 aliphatic carbocycles. The molecule has 1 aromatic rings. The van der Waals surface area contributed by atoms with Gasteiger partial charge in [0.05, 0.1) is 11.1 Å². The van der Waals surface area contributed by atoms with E-state index < -0.39 is 12.6 Å². The molecule has 6 heteroatoms. The van der Waals surface area contributed by atoms with E-state index in [-0.39, 0.29) is 13.0 Å². The van der Waals surface area contributed by atoms with E-state index in [1.165, 1.54) is 0 Å². The van der Waals surface area contributed by atoms with Crippen molar-refractivity contribution >= 4 is 31.9 Å². The molecule has 0 unspecified atom stereocenters. The molecule has 0 aliphatic heterocycles. The Morgan fingerprint density at radius 2 is 1.94 bits per heavy atom. The third-order valence-electron chi connectivity index (χ3n) is 2.01. The third kappa shape index (κ3) is 5.77. The van der Waals surface area contributed by atoms with E-state index in [2.05, 4.69) is 31.9 Å². The van der Waals surface area contributed by atoms with Gasteiger partial charge in [-0.05, 0) is 40.0 Å². The third-order valence-corrected chi connectivity index (χ3v) is 3.28. The average molecular weight is 376 g/mol. The smallest absolute Gasteiger partial charge is 0.389 e. The summed E-state index contributed by atoms with van der Waals surface area (Å²) in [5.74, 6) is 0.567. The van der Waals surface area contributed by atoms with Crippen LogP contribution >= 0.6 is 31.9 Å². The molecule has 96 valence electrons. The fraction of sp³-hybridized carbons (Fsp3) is 0.455. The SMILES string of the molecule is FC(F)(F)CCCOc1ccc(CBr)cc1Br. The first-order chi connectivity index (χ1) is 7.92. The van der Waals surface area contributed by atoms with Gasteiger partial charge in [-0.25, -0.2) is 0 Å². The summed E-state index contributed by atoms with van der Waals surface area (Å²) in [5, 5.41) is 0.722. The Labute approximate surface area is 115 Å². The molecule has 0 N–H and O–H groups in total. The monoisotopic (exact) mass is 374 g/mol. The quantitative estimate of drug-likeness (QED) is 0.516.